The summed E-state index contributed by atoms with van der Waals surface area (Å²) in [6.45, 7) is 4.30. The molecule has 0 fully saturated rings. The van der Waals surface area contributed by atoms with Gasteiger partial charge in [-0.1, -0.05) is 26.0 Å². The predicted octanol–water partition coefficient (Wildman–Crippen LogP) is 3.43. The van der Waals surface area contributed by atoms with Crippen LogP contribution < -0.4 is 11.1 Å². The molecule has 4 nitrogen and oxygen atoms in total. The maximum absolute atomic E-state index is 12.2. The highest BCUT2D eigenvalue weighted by atomic mass is 16.3. The molecule has 4 heteroatoms. The second-order valence-electron chi connectivity index (χ2n) is 5.53. The van der Waals surface area contributed by atoms with Crippen molar-refractivity contribution in [1.29, 1.82) is 0 Å². The third-order valence-electron chi connectivity index (χ3n) is 3.09. The highest BCUT2D eigenvalue weighted by molar-refractivity contribution is 6.06. The van der Waals surface area contributed by atoms with Gasteiger partial charge in [-0.15, -0.1) is 0 Å². The minimum Gasteiger partial charge on any atom is -0.507 e. The molecule has 110 valence electrons. The van der Waals surface area contributed by atoms with E-state index in [1.54, 1.807) is 6.07 Å². The topological polar surface area (TPSA) is 75.4 Å². The van der Waals surface area contributed by atoms with Crippen LogP contribution in [-0.2, 0) is 6.42 Å². The van der Waals surface area contributed by atoms with Crippen molar-refractivity contribution in [3.63, 3.8) is 0 Å². The smallest absolute Gasteiger partial charge is 0.259 e. The summed E-state index contributed by atoms with van der Waals surface area (Å²) in [5.41, 5.74) is 8.13. The Bertz CT molecular complexity index is 651. The van der Waals surface area contributed by atoms with Crippen molar-refractivity contribution in [3.8, 4) is 5.75 Å². The number of hydrogen-bond acceptors (Lipinski definition) is 3. The molecule has 0 heterocycles. The van der Waals surface area contributed by atoms with E-state index in [4.69, 9.17) is 5.73 Å². The Hall–Kier alpha value is -2.49. The number of phenolic OH excluding ortho intramolecular Hbond substituents is 1. The molecule has 0 radical (unpaired) electrons. The van der Waals surface area contributed by atoms with E-state index in [9.17, 15) is 9.90 Å². The van der Waals surface area contributed by atoms with Crippen molar-refractivity contribution in [2.45, 2.75) is 20.3 Å². The van der Waals surface area contributed by atoms with Crippen molar-refractivity contribution >= 4 is 17.3 Å². The average molecular weight is 284 g/mol. The van der Waals surface area contributed by atoms with Crippen molar-refractivity contribution in [3.05, 3.63) is 53.6 Å². The Balaban J connectivity index is 2.17. The number of carbonyl (C=O) groups is 1. The summed E-state index contributed by atoms with van der Waals surface area (Å²) in [5.74, 6) is 0.0930. The monoisotopic (exact) mass is 284 g/mol. The van der Waals surface area contributed by atoms with Crippen LogP contribution in [-0.4, -0.2) is 11.0 Å². The van der Waals surface area contributed by atoms with Crippen LogP contribution in [0.3, 0.4) is 0 Å². The second kappa shape index (κ2) is 6.31. The number of rotatable bonds is 4. The molecule has 1 amide bonds. The van der Waals surface area contributed by atoms with Gasteiger partial charge in [-0.3, -0.25) is 4.79 Å². The van der Waals surface area contributed by atoms with E-state index in [1.807, 2.05) is 24.3 Å². The Morgan fingerprint density at radius 3 is 2.71 bits per heavy atom. The third-order valence-corrected chi connectivity index (χ3v) is 3.09. The van der Waals surface area contributed by atoms with Crippen LogP contribution >= 0.6 is 0 Å². The number of aromatic hydroxyl groups is 1. The normalized spacial score (nSPS) is 10.6. The molecular weight excluding hydrogens is 264 g/mol. The van der Waals surface area contributed by atoms with Gasteiger partial charge in [0.05, 0.1) is 5.56 Å². The molecule has 0 atom stereocenters. The van der Waals surface area contributed by atoms with Crippen LogP contribution in [0.15, 0.2) is 42.5 Å². The predicted molar refractivity (Wildman–Crippen MR) is 85.5 cm³/mol. The first kappa shape index (κ1) is 14.9. The summed E-state index contributed by atoms with van der Waals surface area (Å²) < 4.78 is 0. The lowest BCUT2D eigenvalue weighted by Crippen LogP contribution is -2.12. The molecule has 0 aliphatic rings. The number of nitrogen functional groups attached to an aromatic ring is 1. The Labute approximate surface area is 124 Å². The lowest BCUT2D eigenvalue weighted by Gasteiger charge is -2.10. The molecule has 21 heavy (non-hydrogen) atoms. The summed E-state index contributed by atoms with van der Waals surface area (Å²) in [7, 11) is 0. The Morgan fingerprint density at radius 1 is 1.24 bits per heavy atom. The molecule has 0 aliphatic carbocycles. The molecule has 2 aromatic rings. The largest absolute Gasteiger partial charge is 0.507 e. The van der Waals surface area contributed by atoms with Crippen LogP contribution in [0.4, 0.5) is 11.4 Å². The summed E-state index contributed by atoms with van der Waals surface area (Å²) in [4.78, 5) is 12.2. The van der Waals surface area contributed by atoms with Gasteiger partial charge in [-0.25, -0.2) is 0 Å². The minimum atomic E-state index is -0.374. The van der Waals surface area contributed by atoms with Crippen LogP contribution in [0.2, 0.25) is 0 Å². The summed E-state index contributed by atoms with van der Waals surface area (Å²) in [6, 6.07) is 12.1. The van der Waals surface area contributed by atoms with Gasteiger partial charge in [0.2, 0.25) is 0 Å². The molecule has 4 N–H and O–H groups in total. The highest BCUT2D eigenvalue weighted by Gasteiger charge is 2.12. The number of anilines is 2. The van der Waals surface area contributed by atoms with Gasteiger partial charge >= 0.3 is 0 Å². The lowest BCUT2D eigenvalue weighted by atomic mass is 10.0. The number of phenols is 1. The van der Waals surface area contributed by atoms with Crippen LogP contribution in [0.5, 0.6) is 5.75 Å². The number of carbonyl (C=O) groups excluding carboxylic acids is 1. The zero-order valence-electron chi connectivity index (χ0n) is 12.3. The highest BCUT2D eigenvalue weighted by Crippen LogP contribution is 2.22. The summed E-state index contributed by atoms with van der Waals surface area (Å²) >= 11 is 0. The van der Waals surface area contributed by atoms with Gasteiger partial charge < -0.3 is 16.2 Å². The fourth-order valence-electron chi connectivity index (χ4n) is 2.18. The molecule has 0 aliphatic heterocycles. The molecule has 0 saturated carbocycles. The fraction of sp³-hybridized carbons (Fsp3) is 0.235. The van der Waals surface area contributed by atoms with Crippen LogP contribution in [0.1, 0.15) is 29.8 Å². The van der Waals surface area contributed by atoms with Crippen LogP contribution in [0.25, 0.3) is 0 Å². The molecule has 0 unspecified atom stereocenters. The molecule has 0 saturated heterocycles. The molecule has 0 bridgehead atoms. The number of nitrogens with two attached hydrogens (primary N) is 1. The average Bonchev–Trinajstić information content (AvgIpc) is 2.41. The van der Waals surface area contributed by atoms with Crippen molar-refractivity contribution < 1.29 is 9.90 Å². The van der Waals surface area contributed by atoms with Gasteiger partial charge in [-0.05, 0) is 48.2 Å². The standard InChI is InChI=1S/C17H20N2O2/c1-11(2)8-12-4-3-5-14(9-12)19-17(21)15-10-13(18)6-7-16(15)20/h3-7,9-11,20H,8,18H2,1-2H3,(H,19,21). The van der Waals surface area contributed by atoms with Gasteiger partial charge in [0, 0.05) is 11.4 Å². The maximum Gasteiger partial charge on any atom is 0.259 e. The van der Waals surface area contributed by atoms with E-state index in [2.05, 4.69) is 19.2 Å². The SMILES string of the molecule is CC(C)Cc1cccc(NC(=O)c2cc(N)ccc2O)c1. The Kier molecular flexibility index (Phi) is 4.48. The van der Waals surface area contributed by atoms with Gasteiger partial charge in [0.15, 0.2) is 0 Å². The third kappa shape index (κ3) is 3.99. The van der Waals surface area contributed by atoms with Crippen LogP contribution in [0, 0.1) is 5.92 Å². The van der Waals surface area contributed by atoms with E-state index in [0.717, 1.165) is 6.42 Å². The van der Waals surface area contributed by atoms with Gasteiger partial charge in [0.1, 0.15) is 5.75 Å². The first-order valence-corrected chi connectivity index (χ1v) is 6.94. The van der Waals surface area contributed by atoms with Crippen molar-refractivity contribution in [2.75, 3.05) is 11.1 Å². The molecule has 2 rings (SSSR count). The zero-order valence-corrected chi connectivity index (χ0v) is 12.3. The number of hydrogen-bond donors (Lipinski definition) is 3. The molecule has 2 aromatic carbocycles. The van der Waals surface area contributed by atoms with Crippen molar-refractivity contribution in [1.82, 2.24) is 0 Å². The number of nitrogens with one attached hydrogen (secondary N) is 1. The van der Waals surface area contributed by atoms with Gasteiger partial charge in [-0.2, -0.15) is 0 Å². The molecular formula is C17H20N2O2. The molecule has 0 spiro atoms. The van der Waals surface area contributed by atoms with Crippen molar-refractivity contribution in [2.24, 2.45) is 5.92 Å². The van der Waals surface area contributed by atoms with E-state index in [0.29, 0.717) is 17.3 Å². The van der Waals surface area contributed by atoms with E-state index >= 15 is 0 Å². The zero-order chi connectivity index (χ0) is 15.4. The number of amides is 1. The quantitative estimate of drug-likeness (QED) is 0.594. The molecule has 0 aromatic heterocycles. The fourth-order valence-corrected chi connectivity index (χ4v) is 2.18. The summed E-state index contributed by atoms with van der Waals surface area (Å²) in [5, 5.41) is 12.5. The van der Waals surface area contributed by atoms with E-state index in [1.165, 1.54) is 17.7 Å². The van der Waals surface area contributed by atoms with E-state index in [-0.39, 0.29) is 17.2 Å². The summed E-state index contributed by atoms with van der Waals surface area (Å²) in [6.07, 6.45) is 0.952. The number of benzene rings is 2. The first-order chi connectivity index (χ1) is 9.95. The first-order valence-electron chi connectivity index (χ1n) is 6.94. The van der Waals surface area contributed by atoms with E-state index < -0.39 is 0 Å². The van der Waals surface area contributed by atoms with Gasteiger partial charge in [0.25, 0.3) is 5.91 Å². The second-order valence-corrected chi connectivity index (χ2v) is 5.53. The minimum absolute atomic E-state index is 0.0833. The maximum atomic E-state index is 12.2. The Morgan fingerprint density at radius 2 is 2.00 bits per heavy atom. The lowest BCUT2D eigenvalue weighted by molar-refractivity contribution is 0.102.